The van der Waals surface area contributed by atoms with Crippen LogP contribution in [0, 0.1) is 5.82 Å². The molecule has 0 amide bonds. The summed E-state index contributed by atoms with van der Waals surface area (Å²) in [7, 11) is -1.98. The van der Waals surface area contributed by atoms with Crippen LogP contribution >= 0.6 is 0 Å². The summed E-state index contributed by atoms with van der Waals surface area (Å²) in [4.78, 5) is 8.13. The summed E-state index contributed by atoms with van der Waals surface area (Å²) in [5.74, 6) is -0.421. The van der Waals surface area contributed by atoms with Gasteiger partial charge in [0.05, 0.1) is 6.33 Å². The Balaban J connectivity index is 1.59. The fourth-order valence-electron chi connectivity index (χ4n) is 3.62. The van der Waals surface area contributed by atoms with Crippen LogP contribution < -0.4 is 5.32 Å². The fraction of sp³-hybridized carbons (Fsp3) is 0.300. The second kappa shape index (κ2) is 8.02. The first-order valence-electron chi connectivity index (χ1n) is 9.29. The topological polar surface area (TPSA) is 80.1 Å². The molecule has 1 saturated heterocycles. The van der Waals surface area contributed by atoms with Crippen molar-refractivity contribution in [3.05, 3.63) is 78.3 Å². The van der Waals surface area contributed by atoms with E-state index in [0.29, 0.717) is 19.6 Å². The van der Waals surface area contributed by atoms with Gasteiger partial charge in [-0.15, -0.1) is 0 Å². The summed E-state index contributed by atoms with van der Waals surface area (Å²) in [6.45, 7) is 1.17. The molecule has 0 aliphatic carbocycles. The van der Waals surface area contributed by atoms with Crippen molar-refractivity contribution in [2.24, 2.45) is 7.05 Å². The number of halogens is 1. The molecule has 2 aromatic heterocycles. The van der Waals surface area contributed by atoms with Crippen LogP contribution in [0.25, 0.3) is 0 Å². The van der Waals surface area contributed by atoms with E-state index in [4.69, 9.17) is 0 Å². The monoisotopic (exact) mass is 415 g/mol. The molecule has 3 heterocycles. The quantitative estimate of drug-likeness (QED) is 0.665. The lowest BCUT2D eigenvalue weighted by Crippen LogP contribution is -2.36. The van der Waals surface area contributed by atoms with Gasteiger partial charge in [-0.05, 0) is 29.3 Å². The van der Waals surface area contributed by atoms with Crippen molar-refractivity contribution < 1.29 is 12.8 Å². The normalized spacial score (nSPS) is 20.2. The predicted molar refractivity (Wildman–Crippen MR) is 106 cm³/mol. The Bertz CT molecular complexity index is 1070. The Morgan fingerprint density at radius 2 is 2.00 bits per heavy atom. The lowest BCUT2D eigenvalue weighted by atomic mass is 9.94. The minimum Gasteiger partial charge on any atom is -0.339 e. The molecule has 0 spiro atoms. The molecule has 1 aliphatic rings. The Hall–Kier alpha value is -2.62. The summed E-state index contributed by atoms with van der Waals surface area (Å²) in [5.41, 5.74) is 1.91. The van der Waals surface area contributed by atoms with Crippen molar-refractivity contribution in [1.29, 1.82) is 0 Å². The first kappa shape index (κ1) is 19.7. The van der Waals surface area contributed by atoms with E-state index in [9.17, 15) is 12.8 Å². The number of nitrogens with one attached hydrogen (secondary N) is 1. The van der Waals surface area contributed by atoms with E-state index >= 15 is 0 Å². The van der Waals surface area contributed by atoms with Crippen LogP contribution in [0.15, 0.2) is 66.3 Å². The van der Waals surface area contributed by atoms with Crippen molar-refractivity contribution in [3.63, 3.8) is 0 Å². The molecule has 0 saturated carbocycles. The molecule has 4 rings (SSSR count). The van der Waals surface area contributed by atoms with Gasteiger partial charge in [-0.3, -0.25) is 4.98 Å². The summed E-state index contributed by atoms with van der Waals surface area (Å²) >= 11 is 0. The van der Waals surface area contributed by atoms with Gasteiger partial charge in [0, 0.05) is 57.2 Å². The van der Waals surface area contributed by atoms with Gasteiger partial charge >= 0.3 is 0 Å². The van der Waals surface area contributed by atoms with Gasteiger partial charge in [-0.25, -0.2) is 17.8 Å². The summed E-state index contributed by atoms with van der Waals surface area (Å²) in [6, 6.07) is 9.95. The number of rotatable bonds is 6. The number of imidazole rings is 1. The second-order valence-corrected chi connectivity index (χ2v) is 9.09. The summed E-state index contributed by atoms with van der Waals surface area (Å²) < 4.78 is 42.6. The largest absolute Gasteiger partial charge is 0.339 e. The number of aryl methyl sites for hydroxylation is 1. The average molecular weight is 415 g/mol. The molecule has 0 unspecified atom stereocenters. The molecule has 1 aromatic carbocycles. The highest BCUT2D eigenvalue weighted by Crippen LogP contribution is 2.31. The average Bonchev–Trinajstić information content (AvgIpc) is 3.35. The summed E-state index contributed by atoms with van der Waals surface area (Å²) in [6.07, 6.45) is 6.45. The van der Waals surface area contributed by atoms with Gasteiger partial charge < -0.3 is 9.88 Å². The number of sulfonamides is 1. The van der Waals surface area contributed by atoms with E-state index in [-0.39, 0.29) is 22.8 Å². The van der Waals surface area contributed by atoms with Gasteiger partial charge in [0.2, 0.25) is 0 Å². The van der Waals surface area contributed by atoms with Crippen molar-refractivity contribution in [2.75, 3.05) is 13.1 Å². The zero-order valence-corrected chi connectivity index (χ0v) is 16.8. The maximum absolute atomic E-state index is 13.4. The first-order valence-corrected chi connectivity index (χ1v) is 10.7. The highest BCUT2D eigenvalue weighted by Gasteiger charge is 2.40. The van der Waals surface area contributed by atoms with E-state index < -0.39 is 10.0 Å². The zero-order valence-electron chi connectivity index (χ0n) is 15.9. The number of hydrogen-bond acceptors (Lipinski definition) is 5. The highest BCUT2D eigenvalue weighted by atomic mass is 32.2. The molecule has 1 fully saturated rings. The molecule has 1 N–H and O–H groups in total. The van der Waals surface area contributed by atoms with Crippen LogP contribution in [0.4, 0.5) is 4.39 Å². The minimum absolute atomic E-state index is 0.0331. The van der Waals surface area contributed by atoms with Crippen molar-refractivity contribution in [2.45, 2.75) is 23.5 Å². The Kier molecular flexibility index (Phi) is 5.44. The van der Waals surface area contributed by atoms with Crippen LogP contribution in [0.2, 0.25) is 0 Å². The van der Waals surface area contributed by atoms with Crippen molar-refractivity contribution in [3.8, 4) is 0 Å². The smallest absolute Gasteiger partial charge is 0.262 e. The van der Waals surface area contributed by atoms with Gasteiger partial charge in [0.15, 0.2) is 5.03 Å². The Morgan fingerprint density at radius 1 is 1.21 bits per heavy atom. The van der Waals surface area contributed by atoms with Gasteiger partial charge in [-0.2, -0.15) is 4.31 Å². The molecule has 1 aliphatic heterocycles. The molecule has 9 heteroatoms. The van der Waals surface area contributed by atoms with E-state index in [1.807, 2.05) is 12.1 Å². The van der Waals surface area contributed by atoms with E-state index in [1.165, 1.54) is 29.0 Å². The Morgan fingerprint density at radius 3 is 2.66 bits per heavy atom. The number of nitrogens with zero attached hydrogens (tertiary/aromatic N) is 4. The standard InChI is InChI=1S/C20H22FN5O2S/c1-25-13-20(24-14-25)29(27,28)26-11-18(16-4-6-17(21)7-5-16)19(12-26)23-10-15-3-2-8-22-9-15/h2-9,13-14,18-19,23H,10-12H2,1H3/t18-,19+/m1/s1. The first-order chi connectivity index (χ1) is 13.9. The van der Waals surface area contributed by atoms with E-state index in [2.05, 4.69) is 15.3 Å². The lowest BCUT2D eigenvalue weighted by Gasteiger charge is -2.20. The second-order valence-electron chi connectivity index (χ2n) is 7.21. The Labute approximate surface area is 169 Å². The van der Waals surface area contributed by atoms with Crippen LogP contribution in [0.5, 0.6) is 0 Å². The molecule has 152 valence electrons. The SMILES string of the molecule is Cn1cnc(S(=O)(=O)N2C[C@H](NCc3cccnc3)[C@@H](c3ccc(F)cc3)C2)c1. The van der Waals surface area contributed by atoms with Crippen LogP contribution in [-0.4, -0.2) is 46.4 Å². The van der Waals surface area contributed by atoms with Crippen LogP contribution in [0.3, 0.4) is 0 Å². The molecular formula is C20H22FN5O2S. The highest BCUT2D eigenvalue weighted by molar-refractivity contribution is 7.89. The number of hydrogen-bond donors (Lipinski definition) is 1. The number of aromatic nitrogens is 3. The molecular weight excluding hydrogens is 393 g/mol. The third-order valence-electron chi connectivity index (χ3n) is 5.16. The number of pyridine rings is 1. The maximum atomic E-state index is 13.4. The lowest BCUT2D eigenvalue weighted by molar-refractivity contribution is 0.454. The molecule has 7 nitrogen and oxygen atoms in total. The molecule has 0 radical (unpaired) electrons. The van der Waals surface area contributed by atoms with E-state index in [1.54, 1.807) is 36.1 Å². The predicted octanol–water partition coefficient (Wildman–Crippen LogP) is 1.90. The fourth-order valence-corrected chi connectivity index (χ4v) is 5.08. The summed E-state index contributed by atoms with van der Waals surface area (Å²) in [5, 5.41) is 3.49. The van der Waals surface area contributed by atoms with Gasteiger partial charge in [-0.1, -0.05) is 18.2 Å². The van der Waals surface area contributed by atoms with Crippen molar-refractivity contribution >= 4 is 10.0 Å². The van der Waals surface area contributed by atoms with Crippen LogP contribution in [-0.2, 0) is 23.6 Å². The van der Waals surface area contributed by atoms with Crippen molar-refractivity contribution in [1.82, 2.24) is 24.2 Å². The van der Waals surface area contributed by atoms with E-state index in [0.717, 1.165) is 11.1 Å². The third-order valence-corrected chi connectivity index (χ3v) is 6.88. The third kappa shape index (κ3) is 4.21. The van der Waals surface area contributed by atoms with Crippen LogP contribution in [0.1, 0.15) is 17.0 Å². The molecule has 3 aromatic rings. The molecule has 29 heavy (non-hydrogen) atoms. The minimum atomic E-state index is -3.71. The van der Waals surface area contributed by atoms with Gasteiger partial charge in [0.25, 0.3) is 10.0 Å². The number of benzene rings is 1. The van der Waals surface area contributed by atoms with Gasteiger partial charge in [0.1, 0.15) is 5.82 Å². The molecule has 2 atom stereocenters. The maximum Gasteiger partial charge on any atom is 0.262 e. The zero-order chi connectivity index (χ0) is 20.4. The molecule has 0 bridgehead atoms.